The van der Waals surface area contributed by atoms with E-state index in [1.807, 2.05) is 25.0 Å². The largest absolute Gasteiger partial charge is 0.343 e. The fourth-order valence-corrected chi connectivity index (χ4v) is 5.47. The van der Waals surface area contributed by atoms with E-state index in [0.29, 0.717) is 19.3 Å². The Morgan fingerprint density at radius 3 is 2.36 bits per heavy atom. The molecule has 2 aromatic carbocycles. The normalized spacial score (nSPS) is 22.5. The van der Waals surface area contributed by atoms with E-state index < -0.39 is 5.79 Å². The second-order valence-corrected chi connectivity index (χ2v) is 9.94. The topological polar surface area (TPSA) is 51.1 Å². The van der Waals surface area contributed by atoms with Crippen LogP contribution in [0.5, 0.6) is 0 Å². The number of rotatable bonds is 4. The molecule has 1 unspecified atom stereocenters. The lowest BCUT2D eigenvalue weighted by Gasteiger charge is -2.41. The third-order valence-corrected chi connectivity index (χ3v) is 7.30. The van der Waals surface area contributed by atoms with Crippen LogP contribution in [0.2, 0.25) is 0 Å². The van der Waals surface area contributed by atoms with Gasteiger partial charge in [-0.25, -0.2) is 0 Å². The molecule has 0 N–H and O–H groups in total. The van der Waals surface area contributed by atoms with E-state index in [9.17, 15) is 4.79 Å². The van der Waals surface area contributed by atoms with Gasteiger partial charge >= 0.3 is 0 Å². The third kappa shape index (κ3) is 4.24. The number of nitrogens with zero attached hydrogens (tertiary/aromatic N) is 2. The molecule has 1 amide bonds. The molecule has 3 aliphatic heterocycles. The van der Waals surface area contributed by atoms with Crippen molar-refractivity contribution in [2.24, 2.45) is 16.8 Å². The van der Waals surface area contributed by atoms with Crippen LogP contribution in [0.1, 0.15) is 50.3 Å². The van der Waals surface area contributed by atoms with Gasteiger partial charge in [0.1, 0.15) is 0 Å². The van der Waals surface area contributed by atoms with Crippen LogP contribution < -0.4 is 0 Å². The molecular weight excluding hydrogens is 412 g/mol. The number of carbonyl (C=O) groups is 1. The molecule has 5 nitrogen and oxygen atoms in total. The van der Waals surface area contributed by atoms with Crippen molar-refractivity contribution in [2.75, 3.05) is 26.3 Å². The van der Waals surface area contributed by atoms with Crippen LogP contribution in [0.15, 0.2) is 47.5 Å². The quantitative estimate of drug-likeness (QED) is 0.677. The molecule has 0 spiro atoms. The molecule has 0 radical (unpaired) electrons. The molecule has 0 bridgehead atoms. The van der Waals surface area contributed by atoms with Crippen molar-refractivity contribution in [1.29, 1.82) is 0 Å². The molecule has 1 atom stereocenters. The number of piperidine rings is 1. The lowest BCUT2D eigenvalue weighted by atomic mass is 9.83. The Bertz CT molecular complexity index is 1030. The van der Waals surface area contributed by atoms with Crippen molar-refractivity contribution < 1.29 is 14.3 Å². The monoisotopic (exact) mass is 446 g/mol. The van der Waals surface area contributed by atoms with Crippen LogP contribution >= 0.6 is 0 Å². The molecule has 3 aliphatic rings. The van der Waals surface area contributed by atoms with Crippen molar-refractivity contribution in [3.05, 3.63) is 59.2 Å². The van der Waals surface area contributed by atoms with Gasteiger partial charge in [0.15, 0.2) is 5.79 Å². The molecule has 2 saturated heterocycles. The maximum Gasteiger partial charge on any atom is 0.225 e. The lowest BCUT2D eigenvalue weighted by Crippen LogP contribution is -2.47. The van der Waals surface area contributed by atoms with E-state index in [4.69, 9.17) is 9.47 Å². The molecule has 3 heterocycles. The first-order valence-electron chi connectivity index (χ1n) is 12.3. The van der Waals surface area contributed by atoms with Gasteiger partial charge in [-0.15, -0.1) is 0 Å². The number of amides is 1. The molecule has 5 heteroatoms. The molecule has 0 aromatic heterocycles. The zero-order chi connectivity index (χ0) is 23.0. The van der Waals surface area contributed by atoms with E-state index in [-0.39, 0.29) is 17.7 Å². The Morgan fingerprint density at radius 2 is 1.70 bits per heavy atom. The highest BCUT2D eigenvalue weighted by atomic mass is 16.7. The number of likely N-dealkylation sites (tertiary alicyclic amines) is 1. The van der Waals surface area contributed by atoms with Gasteiger partial charge in [0.25, 0.3) is 0 Å². The number of fused-ring (bicyclic) bond motifs is 1. The van der Waals surface area contributed by atoms with Crippen LogP contribution in [0.25, 0.3) is 11.1 Å². The first-order chi connectivity index (χ1) is 16.0. The first-order valence-corrected chi connectivity index (χ1v) is 12.3. The first kappa shape index (κ1) is 22.3. The van der Waals surface area contributed by atoms with Gasteiger partial charge in [-0.2, -0.15) is 0 Å². The number of benzene rings is 2. The van der Waals surface area contributed by atoms with Crippen LogP contribution in [-0.2, 0) is 26.5 Å². The van der Waals surface area contributed by atoms with Crippen molar-refractivity contribution in [3.63, 3.8) is 0 Å². The van der Waals surface area contributed by atoms with Gasteiger partial charge in [0, 0.05) is 36.7 Å². The summed E-state index contributed by atoms with van der Waals surface area (Å²) < 4.78 is 12.6. The summed E-state index contributed by atoms with van der Waals surface area (Å²) in [7, 11) is 0. The average Bonchev–Trinajstić information content (AvgIpc) is 3.34. The molecule has 0 saturated carbocycles. The minimum absolute atomic E-state index is 0.0419. The van der Waals surface area contributed by atoms with Gasteiger partial charge in [-0.05, 0) is 54.5 Å². The molecule has 174 valence electrons. The maximum atomic E-state index is 12.4. The summed E-state index contributed by atoms with van der Waals surface area (Å²) in [5.74, 6) is -0.182. The Hall–Kier alpha value is -2.50. The summed E-state index contributed by atoms with van der Waals surface area (Å²) in [6, 6.07) is 15.7. The summed E-state index contributed by atoms with van der Waals surface area (Å²) in [5.41, 5.74) is 6.04. The Morgan fingerprint density at radius 1 is 1.03 bits per heavy atom. The van der Waals surface area contributed by atoms with E-state index in [1.165, 1.54) is 22.3 Å². The van der Waals surface area contributed by atoms with Gasteiger partial charge in [0.2, 0.25) is 5.91 Å². The summed E-state index contributed by atoms with van der Waals surface area (Å²) in [4.78, 5) is 19.0. The van der Waals surface area contributed by atoms with Gasteiger partial charge in [-0.3, -0.25) is 9.79 Å². The number of hydrogen-bond acceptors (Lipinski definition) is 4. The van der Waals surface area contributed by atoms with Gasteiger partial charge in [-0.1, -0.05) is 50.2 Å². The Labute approximate surface area is 196 Å². The average molecular weight is 447 g/mol. The van der Waals surface area contributed by atoms with E-state index >= 15 is 0 Å². The minimum Gasteiger partial charge on any atom is -0.343 e. The SMILES string of the molecule is CC1Cc2ccc(-c3ccc(C4(C5CCN(C(=O)C(C)C)CC5)OCCO4)cc3)cc2C=N1. The fourth-order valence-electron chi connectivity index (χ4n) is 5.47. The number of hydrogen-bond donors (Lipinski definition) is 0. The van der Waals surface area contributed by atoms with Gasteiger partial charge < -0.3 is 14.4 Å². The molecule has 0 aliphatic carbocycles. The predicted molar refractivity (Wildman–Crippen MR) is 130 cm³/mol. The highest BCUT2D eigenvalue weighted by Gasteiger charge is 2.47. The van der Waals surface area contributed by atoms with Crippen molar-refractivity contribution >= 4 is 12.1 Å². The summed E-state index contributed by atoms with van der Waals surface area (Å²) in [6.45, 7) is 8.84. The fraction of sp³-hybridized carbons (Fsp3) is 0.500. The number of aliphatic imine (C=N–C) groups is 1. The Kier molecular flexibility index (Phi) is 6.11. The van der Waals surface area contributed by atoms with Crippen molar-refractivity contribution in [2.45, 2.75) is 51.9 Å². The molecule has 2 fully saturated rings. The van der Waals surface area contributed by atoms with E-state index in [0.717, 1.165) is 37.9 Å². The summed E-state index contributed by atoms with van der Waals surface area (Å²) >= 11 is 0. The summed E-state index contributed by atoms with van der Waals surface area (Å²) in [5, 5.41) is 0. The second-order valence-electron chi connectivity index (χ2n) is 9.94. The number of ether oxygens (including phenoxy) is 2. The van der Waals surface area contributed by atoms with Crippen LogP contribution in [-0.4, -0.2) is 49.4 Å². The predicted octanol–water partition coefficient (Wildman–Crippen LogP) is 4.81. The second kappa shape index (κ2) is 9.03. The molecule has 2 aromatic rings. The highest BCUT2D eigenvalue weighted by Crippen LogP contribution is 2.44. The molecule has 33 heavy (non-hydrogen) atoms. The molecule has 5 rings (SSSR count). The summed E-state index contributed by atoms with van der Waals surface area (Å²) in [6.07, 6.45) is 4.79. The minimum atomic E-state index is -0.704. The van der Waals surface area contributed by atoms with Crippen LogP contribution in [0, 0.1) is 11.8 Å². The smallest absolute Gasteiger partial charge is 0.225 e. The zero-order valence-electron chi connectivity index (χ0n) is 19.9. The van der Waals surface area contributed by atoms with Gasteiger partial charge in [0.05, 0.1) is 19.3 Å². The third-order valence-electron chi connectivity index (χ3n) is 7.30. The molecular formula is C28H34N2O3. The lowest BCUT2D eigenvalue weighted by molar-refractivity contribution is -0.214. The van der Waals surface area contributed by atoms with Crippen molar-refractivity contribution in [3.8, 4) is 11.1 Å². The standard InChI is InChI=1S/C28H34N2O3/c1-19(2)27(31)30-12-10-26(11-13-30)28(32-14-15-33-28)25-8-6-21(7-9-25)23-5-4-22-16-20(3)29-18-24(22)17-23/h4-9,17-20,26H,10-16H2,1-3H3. The van der Waals surface area contributed by atoms with Crippen LogP contribution in [0.4, 0.5) is 0 Å². The van der Waals surface area contributed by atoms with Crippen molar-refractivity contribution in [1.82, 2.24) is 4.90 Å². The maximum absolute atomic E-state index is 12.4. The highest BCUT2D eigenvalue weighted by molar-refractivity contribution is 5.86. The zero-order valence-corrected chi connectivity index (χ0v) is 19.9. The Balaban J connectivity index is 1.35. The van der Waals surface area contributed by atoms with Crippen LogP contribution in [0.3, 0.4) is 0 Å². The van der Waals surface area contributed by atoms with E-state index in [2.05, 4.69) is 54.4 Å². The number of carbonyl (C=O) groups excluding carboxylic acids is 1. The van der Waals surface area contributed by atoms with E-state index in [1.54, 1.807) is 0 Å².